The standard InChI is InChI=1S/C14H15N5O2/c1-19-13-8(7-16-14(15)17-13)12(18-19)11-9(20-2)5-4-6-10(11)21-3/h4-7H,1-3H3,(H2,15,16,17). The van der Waals surface area contributed by atoms with E-state index >= 15 is 0 Å². The molecule has 2 N–H and O–H groups in total. The average Bonchev–Trinajstić information content (AvgIpc) is 2.82. The number of ether oxygens (including phenoxy) is 2. The number of nitrogen functional groups attached to an aromatic ring is 1. The van der Waals surface area contributed by atoms with Crippen molar-refractivity contribution in [3.63, 3.8) is 0 Å². The Morgan fingerprint density at radius 2 is 1.81 bits per heavy atom. The molecule has 0 unspecified atom stereocenters. The van der Waals surface area contributed by atoms with Crippen molar-refractivity contribution < 1.29 is 9.47 Å². The molecule has 0 saturated heterocycles. The van der Waals surface area contributed by atoms with Gasteiger partial charge in [0.25, 0.3) is 0 Å². The summed E-state index contributed by atoms with van der Waals surface area (Å²) < 4.78 is 12.5. The Hall–Kier alpha value is -2.83. The van der Waals surface area contributed by atoms with E-state index in [1.165, 1.54) is 0 Å². The molecule has 0 amide bonds. The van der Waals surface area contributed by atoms with Gasteiger partial charge in [-0.1, -0.05) is 6.07 Å². The highest BCUT2D eigenvalue weighted by Gasteiger charge is 2.20. The van der Waals surface area contributed by atoms with Gasteiger partial charge in [0.1, 0.15) is 17.2 Å². The number of anilines is 1. The lowest BCUT2D eigenvalue weighted by Gasteiger charge is -2.11. The summed E-state index contributed by atoms with van der Waals surface area (Å²) in [5.74, 6) is 1.56. The summed E-state index contributed by atoms with van der Waals surface area (Å²) in [7, 11) is 5.02. The lowest BCUT2D eigenvalue weighted by atomic mass is 10.1. The Kier molecular flexibility index (Phi) is 3.09. The molecular formula is C14H15N5O2. The zero-order valence-corrected chi connectivity index (χ0v) is 12.0. The summed E-state index contributed by atoms with van der Waals surface area (Å²) in [5.41, 5.74) is 7.76. The van der Waals surface area contributed by atoms with Crippen LogP contribution in [0.1, 0.15) is 0 Å². The fourth-order valence-corrected chi connectivity index (χ4v) is 2.32. The molecule has 2 heterocycles. The third-order valence-corrected chi connectivity index (χ3v) is 3.26. The van der Waals surface area contributed by atoms with Gasteiger partial charge in [0.2, 0.25) is 5.95 Å². The van der Waals surface area contributed by atoms with Crippen LogP contribution >= 0.6 is 0 Å². The lowest BCUT2D eigenvalue weighted by molar-refractivity contribution is 0.397. The zero-order chi connectivity index (χ0) is 15.0. The quantitative estimate of drug-likeness (QED) is 0.787. The van der Waals surface area contributed by atoms with E-state index in [1.807, 2.05) is 18.2 Å². The van der Waals surface area contributed by atoms with E-state index in [1.54, 1.807) is 32.1 Å². The van der Waals surface area contributed by atoms with E-state index in [4.69, 9.17) is 15.2 Å². The predicted molar refractivity (Wildman–Crippen MR) is 79.3 cm³/mol. The minimum absolute atomic E-state index is 0.212. The lowest BCUT2D eigenvalue weighted by Crippen LogP contribution is -1.97. The molecule has 7 heteroatoms. The second kappa shape index (κ2) is 4.93. The SMILES string of the molecule is COc1cccc(OC)c1-c1nn(C)c2nc(N)ncc12. The zero-order valence-electron chi connectivity index (χ0n) is 12.0. The second-order valence-corrected chi connectivity index (χ2v) is 4.48. The number of aryl methyl sites for hydroxylation is 1. The molecule has 2 aromatic heterocycles. The van der Waals surface area contributed by atoms with Crippen LogP contribution in [0.25, 0.3) is 22.3 Å². The van der Waals surface area contributed by atoms with Gasteiger partial charge in [-0.25, -0.2) is 9.67 Å². The summed E-state index contributed by atoms with van der Waals surface area (Å²) in [6.45, 7) is 0. The van der Waals surface area contributed by atoms with Crippen LogP contribution in [0.15, 0.2) is 24.4 Å². The minimum atomic E-state index is 0.212. The maximum Gasteiger partial charge on any atom is 0.222 e. The van der Waals surface area contributed by atoms with Gasteiger partial charge in [-0.05, 0) is 12.1 Å². The molecule has 7 nitrogen and oxygen atoms in total. The third-order valence-electron chi connectivity index (χ3n) is 3.26. The van der Waals surface area contributed by atoms with Crippen molar-refractivity contribution in [1.82, 2.24) is 19.7 Å². The van der Waals surface area contributed by atoms with Crippen LogP contribution < -0.4 is 15.2 Å². The van der Waals surface area contributed by atoms with E-state index < -0.39 is 0 Å². The number of nitrogens with zero attached hydrogens (tertiary/aromatic N) is 4. The number of fused-ring (bicyclic) bond motifs is 1. The largest absolute Gasteiger partial charge is 0.496 e. The molecule has 0 atom stereocenters. The predicted octanol–water partition coefficient (Wildman–Crippen LogP) is 1.63. The summed E-state index contributed by atoms with van der Waals surface area (Å²) in [6.07, 6.45) is 1.66. The van der Waals surface area contributed by atoms with E-state index in [0.29, 0.717) is 22.8 Å². The average molecular weight is 285 g/mol. The number of hydrogen-bond donors (Lipinski definition) is 1. The Labute approximate surface area is 121 Å². The van der Waals surface area contributed by atoms with E-state index in [-0.39, 0.29) is 5.95 Å². The third kappa shape index (κ3) is 2.03. The molecular weight excluding hydrogens is 270 g/mol. The maximum atomic E-state index is 5.64. The molecule has 1 aromatic carbocycles. The first-order valence-electron chi connectivity index (χ1n) is 6.32. The summed E-state index contributed by atoms with van der Waals surface area (Å²) >= 11 is 0. The highest BCUT2D eigenvalue weighted by Crippen LogP contribution is 2.40. The van der Waals surface area contributed by atoms with Gasteiger partial charge < -0.3 is 15.2 Å². The van der Waals surface area contributed by atoms with Crippen LogP contribution in [0.4, 0.5) is 5.95 Å². The molecule has 0 aliphatic carbocycles. The molecule has 0 radical (unpaired) electrons. The molecule has 0 spiro atoms. The van der Waals surface area contributed by atoms with Crippen LogP contribution in [-0.2, 0) is 7.05 Å². The van der Waals surface area contributed by atoms with Gasteiger partial charge >= 0.3 is 0 Å². The van der Waals surface area contributed by atoms with Crippen molar-refractivity contribution in [3.05, 3.63) is 24.4 Å². The van der Waals surface area contributed by atoms with E-state index in [9.17, 15) is 0 Å². The van der Waals surface area contributed by atoms with Crippen molar-refractivity contribution >= 4 is 17.0 Å². The van der Waals surface area contributed by atoms with Crippen LogP contribution in [0.2, 0.25) is 0 Å². The van der Waals surface area contributed by atoms with Crippen LogP contribution in [0.3, 0.4) is 0 Å². The fraction of sp³-hybridized carbons (Fsp3) is 0.214. The Bertz CT molecular complexity index is 790. The first-order valence-corrected chi connectivity index (χ1v) is 6.32. The first-order chi connectivity index (χ1) is 10.2. The molecule has 0 saturated carbocycles. The highest BCUT2D eigenvalue weighted by atomic mass is 16.5. The molecule has 0 aliphatic heterocycles. The van der Waals surface area contributed by atoms with Crippen molar-refractivity contribution in [2.75, 3.05) is 20.0 Å². The van der Waals surface area contributed by atoms with Crippen molar-refractivity contribution in [1.29, 1.82) is 0 Å². The highest BCUT2D eigenvalue weighted by molar-refractivity contribution is 5.94. The van der Waals surface area contributed by atoms with Crippen LogP contribution in [0, 0.1) is 0 Å². The molecule has 21 heavy (non-hydrogen) atoms. The van der Waals surface area contributed by atoms with Crippen LogP contribution in [0.5, 0.6) is 11.5 Å². The maximum absolute atomic E-state index is 5.64. The number of aromatic nitrogens is 4. The van der Waals surface area contributed by atoms with Gasteiger partial charge in [0, 0.05) is 13.2 Å². The summed E-state index contributed by atoms with van der Waals surface area (Å²) in [6, 6.07) is 5.58. The minimum Gasteiger partial charge on any atom is -0.496 e. The van der Waals surface area contributed by atoms with Gasteiger partial charge in [-0.3, -0.25) is 0 Å². The summed E-state index contributed by atoms with van der Waals surface area (Å²) in [4.78, 5) is 8.27. The molecule has 108 valence electrons. The number of methoxy groups -OCH3 is 2. The molecule has 0 fully saturated rings. The van der Waals surface area contributed by atoms with Gasteiger partial charge in [-0.2, -0.15) is 10.1 Å². The van der Waals surface area contributed by atoms with Crippen molar-refractivity contribution in [2.24, 2.45) is 7.05 Å². The number of benzene rings is 1. The van der Waals surface area contributed by atoms with Gasteiger partial charge in [0.05, 0.1) is 25.2 Å². The molecule has 3 aromatic rings. The fourth-order valence-electron chi connectivity index (χ4n) is 2.32. The smallest absolute Gasteiger partial charge is 0.222 e. The number of rotatable bonds is 3. The number of hydrogen-bond acceptors (Lipinski definition) is 6. The van der Waals surface area contributed by atoms with Crippen molar-refractivity contribution in [2.45, 2.75) is 0 Å². The summed E-state index contributed by atoms with van der Waals surface area (Å²) in [5, 5.41) is 5.30. The van der Waals surface area contributed by atoms with Crippen LogP contribution in [-0.4, -0.2) is 34.0 Å². The first kappa shape index (κ1) is 13.2. The number of nitrogens with two attached hydrogens (primary N) is 1. The van der Waals surface area contributed by atoms with E-state index in [2.05, 4.69) is 15.1 Å². The molecule has 3 rings (SSSR count). The van der Waals surface area contributed by atoms with Gasteiger partial charge in [0.15, 0.2) is 5.65 Å². The monoisotopic (exact) mass is 285 g/mol. The normalized spacial score (nSPS) is 10.8. The Morgan fingerprint density at radius 1 is 1.14 bits per heavy atom. The molecule has 0 bridgehead atoms. The Balaban J connectivity index is 2.36. The second-order valence-electron chi connectivity index (χ2n) is 4.48. The van der Waals surface area contributed by atoms with Crippen molar-refractivity contribution in [3.8, 4) is 22.8 Å². The van der Waals surface area contributed by atoms with Gasteiger partial charge in [-0.15, -0.1) is 0 Å². The topological polar surface area (TPSA) is 88.1 Å². The molecule has 0 aliphatic rings. The van der Waals surface area contributed by atoms with E-state index in [0.717, 1.165) is 10.9 Å². The Morgan fingerprint density at radius 3 is 2.43 bits per heavy atom.